The number of hydrogen-bond acceptors (Lipinski definition) is 4. The van der Waals surface area contributed by atoms with Crippen LogP contribution in [0.5, 0.6) is 0 Å². The topological polar surface area (TPSA) is 72.8 Å². The highest BCUT2D eigenvalue weighted by Crippen LogP contribution is 2.03. The van der Waals surface area contributed by atoms with E-state index in [2.05, 4.69) is 5.32 Å². The van der Waals surface area contributed by atoms with Gasteiger partial charge in [-0.2, -0.15) is 0 Å². The van der Waals surface area contributed by atoms with E-state index in [0.717, 1.165) is 0 Å². The molecule has 1 amide bonds. The van der Waals surface area contributed by atoms with Crippen LogP contribution in [-0.4, -0.2) is 59.9 Å². The van der Waals surface area contributed by atoms with Crippen molar-refractivity contribution in [3.8, 4) is 0 Å². The quantitative estimate of drug-likeness (QED) is 0.526. The number of hydrogen-bond donors (Lipinski definition) is 3. The number of nitrogens with zero attached hydrogens (tertiary/aromatic N) is 1. The third-order valence-electron chi connectivity index (χ3n) is 2.07. The second kappa shape index (κ2) is 5.29. The summed E-state index contributed by atoms with van der Waals surface area (Å²) in [6.45, 7) is 2.93. The monoisotopic (exact) mass is 204 g/mol. The number of aliphatic hydroxyl groups excluding tert-OH is 2. The first kappa shape index (κ1) is 13.4. The van der Waals surface area contributed by atoms with E-state index < -0.39 is 11.6 Å². The van der Waals surface area contributed by atoms with Crippen molar-refractivity contribution < 1.29 is 15.0 Å². The number of rotatable bonds is 5. The van der Waals surface area contributed by atoms with Gasteiger partial charge in [0, 0.05) is 14.1 Å². The van der Waals surface area contributed by atoms with Crippen molar-refractivity contribution in [2.45, 2.75) is 25.4 Å². The Kier molecular flexibility index (Phi) is 5.04. The fourth-order valence-electron chi connectivity index (χ4n) is 1.11. The predicted octanol–water partition coefficient (Wildman–Crippen LogP) is -1.20. The lowest BCUT2D eigenvalue weighted by Gasteiger charge is -2.30. The molecule has 1 unspecified atom stereocenters. The Morgan fingerprint density at radius 2 is 1.86 bits per heavy atom. The first-order valence-corrected chi connectivity index (χ1v) is 4.57. The summed E-state index contributed by atoms with van der Waals surface area (Å²) in [5.74, 6) is -0.0851. The zero-order valence-corrected chi connectivity index (χ0v) is 9.24. The van der Waals surface area contributed by atoms with Gasteiger partial charge in [-0.15, -0.1) is 0 Å². The molecule has 84 valence electrons. The minimum absolute atomic E-state index is 0.0851. The summed E-state index contributed by atoms with van der Waals surface area (Å²) >= 11 is 0. The van der Waals surface area contributed by atoms with Gasteiger partial charge in [0.25, 0.3) is 0 Å². The molecule has 5 nitrogen and oxygen atoms in total. The van der Waals surface area contributed by atoms with Crippen molar-refractivity contribution in [2.75, 3.05) is 27.3 Å². The van der Waals surface area contributed by atoms with E-state index in [1.807, 2.05) is 0 Å². The van der Waals surface area contributed by atoms with Crippen molar-refractivity contribution in [3.05, 3.63) is 0 Å². The molecular formula is C9H20N2O3. The van der Waals surface area contributed by atoms with E-state index in [4.69, 9.17) is 10.2 Å². The smallest absolute Gasteiger partial charge is 0.238 e. The second-order valence-electron chi connectivity index (χ2n) is 3.98. The van der Waals surface area contributed by atoms with Gasteiger partial charge in [-0.1, -0.05) is 0 Å². The molecule has 0 aliphatic carbocycles. The fraction of sp³-hybridized carbons (Fsp3) is 0.889. The van der Waals surface area contributed by atoms with Crippen LogP contribution in [0.1, 0.15) is 13.8 Å². The van der Waals surface area contributed by atoms with Gasteiger partial charge >= 0.3 is 0 Å². The Balaban J connectivity index is 4.29. The van der Waals surface area contributed by atoms with Crippen LogP contribution in [0.2, 0.25) is 0 Å². The molecule has 3 N–H and O–H groups in total. The Morgan fingerprint density at radius 1 is 1.43 bits per heavy atom. The summed E-state index contributed by atoms with van der Waals surface area (Å²) in [6, 6.07) is -0.422. The molecule has 0 bridgehead atoms. The van der Waals surface area contributed by atoms with Crippen LogP contribution in [0.3, 0.4) is 0 Å². The Bertz CT molecular complexity index is 190. The minimum atomic E-state index is -0.814. The Morgan fingerprint density at radius 3 is 2.14 bits per heavy atom. The molecule has 14 heavy (non-hydrogen) atoms. The lowest BCUT2D eigenvalue weighted by Crippen LogP contribution is -2.56. The molecule has 0 aromatic heterocycles. The van der Waals surface area contributed by atoms with Gasteiger partial charge in [-0.25, -0.2) is 0 Å². The number of likely N-dealkylation sites (N-methyl/N-ethyl adjacent to an activating group) is 1. The van der Waals surface area contributed by atoms with Crippen molar-refractivity contribution in [3.63, 3.8) is 0 Å². The summed E-state index contributed by atoms with van der Waals surface area (Å²) < 4.78 is 0. The van der Waals surface area contributed by atoms with E-state index in [0.29, 0.717) is 0 Å². The number of carbonyl (C=O) groups excluding carboxylic acids is 1. The van der Waals surface area contributed by atoms with E-state index in [1.165, 1.54) is 4.90 Å². The average Bonchev–Trinajstić information content (AvgIpc) is 2.16. The van der Waals surface area contributed by atoms with Crippen molar-refractivity contribution >= 4 is 5.91 Å². The molecule has 0 spiro atoms. The maximum atomic E-state index is 11.5. The molecule has 0 aromatic carbocycles. The number of carbonyl (C=O) groups is 1. The molecule has 0 saturated carbocycles. The summed E-state index contributed by atoms with van der Waals surface area (Å²) in [7, 11) is 3.32. The highest BCUT2D eigenvalue weighted by Gasteiger charge is 2.27. The third-order valence-corrected chi connectivity index (χ3v) is 2.07. The molecule has 0 radical (unpaired) electrons. The lowest BCUT2D eigenvalue weighted by atomic mass is 10.0. The summed E-state index contributed by atoms with van der Waals surface area (Å²) in [5, 5.41) is 20.9. The molecular weight excluding hydrogens is 184 g/mol. The molecule has 0 saturated heterocycles. The molecule has 0 rings (SSSR count). The fourth-order valence-corrected chi connectivity index (χ4v) is 1.11. The van der Waals surface area contributed by atoms with E-state index >= 15 is 0 Å². The molecule has 5 heteroatoms. The first-order chi connectivity index (χ1) is 6.36. The molecule has 0 aromatic rings. The highest BCUT2D eigenvalue weighted by molar-refractivity contribution is 5.81. The van der Waals surface area contributed by atoms with Gasteiger partial charge in [0.15, 0.2) is 0 Å². The van der Waals surface area contributed by atoms with Crippen molar-refractivity contribution in [1.82, 2.24) is 10.2 Å². The average molecular weight is 204 g/mol. The Hall–Kier alpha value is -0.650. The largest absolute Gasteiger partial charge is 0.394 e. The minimum Gasteiger partial charge on any atom is -0.394 e. The van der Waals surface area contributed by atoms with Crippen LogP contribution < -0.4 is 5.32 Å². The summed E-state index contributed by atoms with van der Waals surface area (Å²) in [4.78, 5) is 12.9. The molecule has 0 aliphatic rings. The first-order valence-electron chi connectivity index (χ1n) is 4.57. The van der Waals surface area contributed by atoms with E-state index in [9.17, 15) is 4.79 Å². The number of amides is 1. The van der Waals surface area contributed by atoms with Crippen LogP contribution in [0.25, 0.3) is 0 Å². The van der Waals surface area contributed by atoms with Gasteiger partial charge in [0.05, 0.1) is 24.8 Å². The van der Waals surface area contributed by atoms with Gasteiger partial charge < -0.3 is 15.1 Å². The van der Waals surface area contributed by atoms with Gasteiger partial charge in [-0.05, 0) is 13.8 Å². The van der Waals surface area contributed by atoms with Crippen LogP contribution in [-0.2, 0) is 4.79 Å². The zero-order valence-electron chi connectivity index (χ0n) is 9.24. The van der Waals surface area contributed by atoms with Crippen LogP contribution in [0.4, 0.5) is 0 Å². The van der Waals surface area contributed by atoms with E-state index in [1.54, 1.807) is 27.9 Å². The Labute approximate surface area is 84.7 Å². The van der Waals surface area contributed by atoms with Crippen LogP contribution in [0.15, 0.2) is 0 Å². The van der Waals surface area contributed by atoms with Gasteiger partial charge in [-0.3, -0.25) is 10.1 Å². The van der Waals surface area contributed by atoms with Gasteiger partial charge in [0.2, 0.25) is 5.91 Å². The maximum absolute atomic E-state index is 11.5. The van der Waals surface area contributed by atoms with Crippen molar-refractivity contribution in [1.29, 1.82) is 0 Å². The predicted molar refractivity (Wildman–Crippen MR) is 53.9 cm³/mol. The SMILES string of the molecule is CC(NC(C)(CO)CO)C(=O)N(C)C. The maximum Gasteiger partial charge on any atom is 0.238 e. The van der Waals surface area contributed by atoms with E-state index in [-0.39, 0.29) is 19.1 Å². The third kappa shape index (κ3) is 3.61. The molecule has 0 heterocycles. The summed E-state index contributed by atoms with van der Waals surface area (Å²) in [6.07, 6.45) is 0. The standard InChI is InChI=1S/C9H20N2O3/c1-7(8(14)11(3)4)10-9(2,5-12)6-13/h7,10,12-13H,5-6H2,1-4H3. The summed E-state index contributed by atoms with van der Waals surface area (Å²) in [5.41, 5.74) is -0.814. The van der Waals surface area contributed by atoms with Crippen LogP contribution in [0, 0.1) is 0 Å². The number of aliphatic hydroxyl groups is 2. The normalized spacial score (nSPS) is 13.9. The zero-order chi connectivity index (χ0) is 11.4. The van der Waals surface area contributed by atoms with Crippen molar-refractivity contribution in [2.24, 2.45) is 0 Å². The molecule has 0 aliphatic heterocycles. The van der Waals surface area contributed by atoms with Gasteiger partial charge in [0.1, 0.15) is 0 Å². The second-order valence-corrected chi connectivity index (χ2v) is 3.98. The number of nitrogens with one attached hydrogen (secondary N) is 1. The molecule has 0 fully saturated rings. The van der Waals surface area contributed by atoms with Crippen LogP contribution >= 0.6 is 0 Å². The lowest BCUT2D eigenvalue weighted by molar-refractivity contribution is -0.131. The highest BCUT2D eigenvalue weighted by atomic mass is 16.3. The molecule has 1 atom stereocenters.